The van der Waals surface area contributed by atoms with Crippen LogP contribution < -0.4 is 10.0 Å². The van der Waals surface area contributed by atoms with Crippen LogP contribution in [0.3, 0.4) is 0 Å². The van der Waals surface area contributed by atoms with Crippen molar-refractivity contribution in [1.82, 2.24) is 15.0 Å². The van der Waals surface area contributed by atoms with Gasteiger partial charge in [0.1, 0.15) is 5.01 Å². The monoisotopic (exact) mass is 429 g/mol. The summed E-state index contributed by atoms with van der Waals surface area (Å²) in [5.41, 5.74) is 0.809. The van der Waals surface area contributed by atoms with Crippen LogP contribution in [0.2, 0.25) is 0 Å². The van der Waals surface area contributed by atoms with Gasteiger partial charge in [0.05, 0.1) is 15.1 Å². The fourth-order valence-electron chi connectivity index (χ4n) is 2.72. The SMILES string of the molecule is CC(C)(C)NS(=O)(=O)c1ccccc1CNC(=O)/C=C/c1nc2ccccc2s1. The first-order valence-corrected chi connectivity index (χ1v) is 11.4. The molecule has 0 unspecified atom stereocenters. The molecule has 0 bridgehead atoms. The summed E-state index contributed by atoms with van der Waals surface area (Å²) >= 11 is 1.50. The Hall–Kier alpha value is -2.55. The zero-order valence-corrected chi connectivity index (χ0v) is 18.1. The van der Waals surface area contributed by atoms with Gasteiger partial charge in [0.2, 0.25) is 15.9 Å². The first-order chi connectivity index (χ1) is 13.6. The van der Waals surface area contributed by atoms with Gasteiger partial charge in [-0.05, 0) is 50.6 Å². The summed E-state index contributed by atoms with van der Waals surface area (Å²) in [5.74, 6) is -0.319. The van der Waals surface area contributed by atoms with E-state index >= 15 is 0 Å². The summed E-state index contributed by atoms with van der Waals surface area (Å²) in [5, 5.41) is 3.47. The van der Waals surface area contributed by atoms with Crippen molar-refractivity contribution in [2.75, 3.05) is 0 Å². The molecule has 3 aromatic rings. The third-order valence-corrected chi connectivity index (χ3v) is 6.70. The van der Waals surface area contributed by atoms with E-state index in [9.17, 15) is 13.2 Å². The Kier molecular flexibility index (Phi) is 6.16. The van der Waals surface area contributed by atoms with Gasteiger partial charge in [-0.25, -0.2) is 18.1 Å². The van der Waals surface area contributed by atoms with E-state index in [1.807, 2.05) is 24.3 Å². The minimum atomic E-state index is -3.69. The molecule has 0 aliphatic heterocycles. The van der Waals surface area contributed by atoms with Crippen LogP contribution in [0.1, 0.15) is 31.3 Å². The van der Waals surface area contributed by atoms with Crippen molar-refractivity contribution in [3.05, 3.63) is 65.2 Å². The maximum Gasteiger partial charge on any atom is 0.244 e. The number of para-hydroxylation sites is 1. The number of nitrogens with one attached hydrogen (secondary N) is 2. The number of amides is 1. The molecule has 0 saturated carbocycles. The number of fused-ring (bicyclic) bond motifs is 1. The van der Waals surface area contributed by atoms with Gasteiger partial charge in [0.15, 0.2) is 0 Å². The van der Waals surface area contributed by atoms with Gasteiger partial charge < -0.3 is 5.32 Å². The molecule has 0 spiro atoms. The molecule has 0 aliphatic rings. The topological polar surface area (TPSA) is 88.2 Å². The van der Waals surface area contributed by atoms with Crippen LogP contribution in [-0.2, 0) is 21.4 Å². The lowest BCUT2D eigenvalue weighted by Gasteiger charge is -2.21. The number of nitrogens with zero attached hydrogens (tertiary/aromatic N) is 1. The molecule has 29 heavy (non-hydrogen) atoms. The molecule has 1 aromatic heterocycles. The average molecular weight is 430 g/mol. The van der Waals surface area contributed by atoms with Crippen molar-refractivity contribution in [2.24, 2.45) is 0 Å². The van der Waals surface area contributed by atoms with Crippen molar-refractivity contribution >= 4 is 43.6 Å². The molecule has 8 heteroatoms. The lowest BCUT2D eigenvalue weighted by molar-refractivity contribution is -0.116. The minimum absolute atomic E-state index is 0.101. The molecule has 0 fully saturated rings. The quantitative estimate of drug-likeness (QED) is 0.585. The Bertz CT molecular complexity index is 1130. The Morgan fingerprint density at radius 3 is 2.52 bits per heavy atom. The summed E-state index contributed by atoms with van der Waals surface area (Å²) in [6.07, 6.45) is 3.06. The summed E-state index contributed by atoms with van der Waals surface area (Å²) in [6.45, 7) is 5.44. The number of hydrogen-bond donors (Lipinski definition) is 2. The predicted molar refractivity (Wildman–Crippen MR) is 117 cm³/mol. The second-order valence-corrected chi connectivity index (χ2v) is 10.2. The number of benzene rings is 2. The van der Waals surface area contributed by atoms with Crippen LogP contribution in [0.4, 0.5) is 0 Å². The number of rotatable bonds is 6. The second kappa shape index (κ2) is 8.44. The van der Waals surface area contributed by atoms with Crippen molar-refractivity contribution in [1.29, 1.82) is 0 Å². The number of aromatic nitrogens is 1. The maximum absolute atomic E-state index is 12.7. The fourth-order valence-corrected chi connectivity index (χ4v) is 5.25. The zero-order chi connectivity index (χ0) is 21.1. The van der Waals surface area contributed by atoms with Gasteiger partial charge in [-0.15, -0.1) is 11.3 Å². The van der Waals surface area contributed by atoms with Crippen LogP contribution in [0.5, 0.6) is 0 Å². The summed E-state index contributed by atoms with van der Waals surface area (Å²) in [6, 6.07) is 14.4. The number of sulfonamides is 1. The molecule has 0 saturated heterocycles. The average Bonchev–Trinajstić information content (AvgIpc) is 3.06. The maximum atomic E-state index is 12.7. The van der Waals surface area contributed by atoms with Crippen LogP contribution in [-0.4, -0.2) is 24.8 Å². The van der Waals surface area contributed by atoms with E-state index in [0.29, 0.717) is 5.56 Å². The molecular formula is C21H23N3O3S2. The van der Waals surface area contributed by atoms with Crippen molar-refractivity contribution < 1.29 is 13.2 Å². The molecule has 1 amide bonds. The number of carbonyl (C=O) groups excluding carboxylic acids is 1. The van der Waals surface area contributed by atoms with E-state index in [-0.39, 0.29) is 17.3 Å². The van der Waals surface area contributed by atoms with Crippen molar-refractivity contribution in [2.45, 2.75) is 37.8 Å². The first-order valence-electron chi connectivity index (χ1n) is 9.07. The number of thiazole rings is 1. The lowest BCUT2D eigenvalue weighted by atomic mass is 10.1. The Balaban J connectivity index is 1.69. The van der Waals surface area contributed by atoms with E-state index < -0.39 is 15.6 Å². The summed E-state index contributed by atoms with van der Waals surface area (Å²) in [7, 11) is -3.69. The molecule has 0 aliphatic carbocycles. The van der Waals surface area contributed by atoms with Crippen molar-refractivity contribution in [3.63, 3.8) is 0 Å². The van der Waals surface area contributed by atoms with E-state index in [1.165, 1.54) is 23.5 Å². The molecule has 2 N–H and O–H groups in total. The Labute approximate surface area is 174 Å². The molecule has 6 nitrogen and oxygen atoms in total. The molecule has 152 valence electrons. The van der Waals surface area contributed by atoms with Crippen LogP contribution in [0, 0.1) is 0 Å². The highest BCUT2D eigenvalue weighted by atomic mass is 32.2. The molecule has 2 aromatic carbocycles. The smallest absolute Gasteiger partial charge is 0.244 e. The van der Waals surface area contributed by atoms with Crippen LogP contribution in [0.15, 0.2) is 59.5 Å². The third-order valence-electron chi connectivity index (χ3n) is 3.84. The van der Waals surface area contributed by atoms with Gasteiger partial charge in [-0.1, -0.05) is 30.3 Å². The summed E-state index contributed by atoms with van der Waals surface area (Å²) in [4.78, 5) is 16.8. The fraction of sp³-hybridized carbons (Fsp3) is 0.238. The predicted octanol–water partition coefficient (Wildman–Crippen LogP) is 3.70. The van der Waals surface area contributed by atoms with E-state index in [4.69, 9.17) is 0 Å². The highest BCUT2D eigenvalue weighted by molar-refractivity contribution is 7.89. The first kappa shape index (κ1) is 21.2. The van der Waals surface area contributed by atoms with Crippen molar-refractivity contribution in [3.8, 4) is 0 Å². The van der Waals surface area contributed by atoms with Gasteiger partial charge in [0.25, 0.3) is 0 Å². The lowest BCUT2D eigenvalue weighted by Crippen LogP contribution is -2.41. The van der Waals surface area contributed by atoms with Gasteiger partial charge in [-0.3, -0.25) is 4.79 Å². The van der Waals surface area contributed by atoms with Crippen LogP contribution in [0.25, 0.3) is 16.3 Å². The third kappa shape index (κ3) is 5.72. The highest BCUT2D eigenvalue weighted by Crippen LogP contribution is 2.22. The molecule has 0 radical (unpaired) electrons. The molecular weight excluding hydrogens is 406 g/mol. The highest BCUT2D eigenvalue weighted by Gasteiger charge is 2.24. The normalized spacial score (nSPS) is 12.5. The minimum Gasteiger partial charge on any atom is -0.348 e. The second-order valence-electron chi connectivity index (χ2n) is 7.53. The largest absolute Gasteiger partial charge is 0.348 e. The zero-order valence-electron chi connectivity index (χ0n) is 16.5. The van der Waals surface area contributed by atoms with Gasteiger partial charge in [-0.2, -0.15) is 0 Å². The molecule has 0 atom stereocenters. The van der Waals surface area contributed by atoms with E-state index in [1.54, 1.807) is 45.0 Å². The summed E-state index contributed by atoms with van der Waals surface area (Å²) < 4.78 is 29.0. The Morgan fingerprint density at radius 2 is 1.79 bits per heavy atom. The van der Waals surface area contributed by atoms with Gasteiger partial charge in [0, 0.05) is 18.2 Å². The standard InChI is InChI=1S/C21H23N3O3S2/c1-21(2,3)24-29(26,27)18-11-7-4-8-15(18)14-22-19(25)12-13-20-23-16-9-5-6-10-17(16)28-20/h4-13,24H,14H2,1-3H3,(H,22,25)/b13-12+. The Morgan fingerprint density at radius 1 is 1.10 bits per heavy atom. The number of carbonyl (C=O) groups is 1. The van der Waals surface area contributed by atoms with E-state index in [0.717, 1.165) is 15.2 Å². The van der Waals surface area contributed by atoms with Gasteiger partial charge >= 0.3 is 0 Å². The molecule has 3 rings (SSSR count). The number of hydrogen-bond acceptors (Lipinski definition) is 5. The van der Waals surface area contributed by atoms with E-state index in [2.05, 4.69) is 15.0 Å². The van der Waals surface area contributed by atoms with Crippen LogP contribution >= 0.6 is 11.3 Å². The molecule has 1 heterocycles.